The molecule has 13 heavy (non-hydrogen) atoms. The third kappa shape index (κ3) is 1.52. The van der Waals surface area contributed by atoms with Crippen molar-refractivity contribution in [2.75, 3.05) is 0 Å². The van der Waals surface area contributed by atoms with E-state index in [1.54, 1.807) is 0 Å². The Morgan fingerprint density at radius 1 is 0.846 bits per heavy atom. The van der Waals surface area contributed by atoms with E-state index in [9.17, 15) is 0 Å². The summed E-state index contributed by atoms with van der Waals surface area (Å²) < 4.78 is 0. The highest BCUT2D eigenvalue weighted by Gasteiger charge is 2.46. The van der Waals surface area contributed by atoms with E-state index in [1.165, 1.54) is 12.8 Å². The van der Waals surface area contributed by atoms with E-state index in [0.717, 1.165) is 35.8 Å². The molecular formula is C12H23N. The Morgan fingerprint density at radius 3 is 1.46 bits per heavy atom. The van der Waals surface area contributed by atoms with Crippen molar-refractivity contribution in [1.29, 1.82) is 0 Å². The molecule has 2 saturated heterocycles. The summed E-state index contributed by atoms with van der Waals surface area (Å²) in [6.45, 7) is 9.49. The van der Waals surface area contributed by atoms with Gasteiger partial charge in [0.05, 0.1) is 0 Å². The van der Waals surface area contributed by atoms with E-state index < -0.39 is 0 Å². The van der Waals surface area contributed by atoms with Gasteiger partial charge in [-0.05, 0) is 36.5 Å². The average molecular weight is 181 g/mol. The summed E-state index contributed by atoms with van der Waals surface area (Å²) in [6.07, 6.45) is 2.87. The van der Waals surface area contributed by atoms with Crippen LogP contribution in [0.4, 0.5) is 0 Å². The lowest BCUT2D eigenvalue weighted by Crippen LogP contribution is -2.29. The first-order chi connectivity index (χ1) is 6.09. The highest BCUT2D eigenvalue weighted by atomic mass is 15.0. The molecule has 0 aromatic rings. The zero-order valence-electron chi connectivity index (χ0n) is 9.38. The van der Waals surface area contributed by atoms with Crippen LogP contribution in [0.5, 0.6) is 0 Å². The van der Waals surface area contributed by atoms with E-state index in [1.807, 2.05) is 0 Å². The van der Waals surface area contributed by atoms with Gasteiger partial charge >= 0.3 is 0 Å². The molecule has 2 rings (SSSR count). The van der Waals surface area contributed by atoms with Gasteiger partial charge in [-0.25, -0.2) is 0 Å². The van der Waals surface area contributed by atoms with Crippen molar-refractivity contribution in [2.24, 2.45) is 23.7 Å². The summed E-state index contributed by atoms with van der Waals surface area (Å²) in [7, 11) is 0. The SMILES string of the molecule is CC(C)C1CC2NC1CC2C(C)C. The summed E-state index contributed by atoms with van der Waals surface area (Å²) in [5, 5.41) is 3.79. The number of fused-ring (bicyclic) bond motifs is 2. The van der Waals surface area contributed by atoms with Gasteiger partial charge in [-0.3, -0.25) is 0 Å². The van der Waals surface area contributed by atoms with Crippen molar-refractivity contribution in [3.05, 3.63) is 0 Å². The van der Waals surface area contributed by atoms with Gasteiger partial charge in [0.15, 0.2) is 0 Å². The number of hydrogen-bond donors (Lipinski definition) is 1. The molecule has 1 heteroatoms. The third-order valence-corrected chi connectivity index (χ3v) is 4.23. The van der Waals surface area contributed by atoms with Crippen LogP contribution >= 0.6 is 0 Å². The first-order valence-electron chi connectivity index (χ1n) is 5.85. The van der Waals surface area contributed by atoms with Crippen LogP contribution in [-0.2, 0) is 0 Å². The molecular weight excluding hydrogens is 158 g/mol. The maximum absolute atomic E-state index is 3.79. The molecule has 1 nitrogen and oxygen atoms in total. The Kier molecular flexibility index (Phi) is 2.39. The van der Waals surface area contributed by atoms with Crippen LogP contribution < -0.4 is 5.32 Å². The highest BCUT2D eigenvalue weighted by Crippen LogP contribution is 2.43. The second kappa shape index (κ2) is 3.27. The standard InChI is InChI=1S/C12H23N/c1-7(2)9-5-12-10(8(3)4)6-11(9)13-12/h7-13H,5-6H2,1-4H3. The van der Waals surface area contributed by atoms with Gasteiger partial charge < -0.3 is 5.32 Å². The van der Waals surface area contributed by atoms with Crippen molar-refractivity contribution in [3.63, 3.8) is 0 Å². The lowest BCUT2D eigenvalue weighted by molar-refractivity contribution is 0.232. The average Bonchev–Trinajstić information content (AvgIpc) is 2.60. The van der Waals surface area contributed by atoms with Crippen molar-refractivity contribution in [2.45, 2.75) is 52.6 Å². The van der Waals surface area contributed by atoms with Crippen LogP contribution in [0.1, 0.15) is 40.5 Å². The zero-order valence-corrected chi connectivity index (χ0v) is 9.38. The lowest BCUT2D eigenvalue weighted by Gasteiger charge is -2.30. The topological polar surface area (TPSA) is 12.0 Å². The Morgan fingerprint density at radius 2 is 1.23 bits per heavy atom. The van der Waals surface area contributed by atoms with Gasteiger partial charge in [-0.1, -0.05) is 27.7 Å². The minimum Gasteiger partial charge on any atom is -0.311 e. The molecule has 0 aromatic heterocycles. The van der Waals surface area contributed by atoms with Crippen LogP contribution in [0.3, 0.4) is 0 Å². The van der Waals surface area contributed by atoms with E-state index in [0.29, 0.717) is 0 Å². The predicted octanol–water partition coefficient (Wildman–Crippen LogP) is 2.67. The van der Waals surface area contributed by atoms with Crippen LogP contribution in [0.2, 0.25) is 0 Å². The van der Waals surface area contributed by atoms with Crippen LogP contribution in [0, 0.1) is 23.7 Å². The smallest absolute Gasteiger partial charge is 0.0104 e. The fourth-order valence-electron chi connectivity index (χ4n) is 3.40. The molecule has 0 aromatic carbocycles. The zero-order chi connectivity index (χ0) is 9.59. The Bertz CT molecular complexity index is 166. The molecule has 2 aliphatic heterocycles. The molecule has 0 saturated carbocycles. The van der Waals surface area contributed by atoms with Gasteiger partial charge in [0.1, 0.15) is 0 Å². The second-order valence-corrected chi connectivity index (χ2v) is 5.67. The Balaban J connectivity index is 1.99. The summed E-state index contributed by atoms with van der Waals surface area (Å²) in [5.74, 6) is 3.66. The minimum absolute atomic E-state index is 0.845. The van der Waals surface area contributed by atoms with Crippen molar-refractivity contribution in [1.82, 2.24) is 5.32 Å². The molecule has 0 spiro atoms. The third-order valence-electron chi connectivity index (χ3n) is 4.23. The number of hydrogen-bond acceptors (Lipinski definition) is 1. The van der Waals surface area contributed by atoms with Gasteiger partial charge in [-0.2, -0.15) is 0 Å². The van der Waals surface area contributed by atoms with E-state index in [2.05, 4.69) is 33.0 Å². The monoisotopic (exact) mass is 181 g/mol. The molecule has 2 fully saturated rings. The molecule has 0 aliphatic carbocycles. The Hall–Kier alpha value is -0.0400. The van der Waals surface area contributed by atoms with Gasteiger partial charge in [0, 0.05) is 12.1 Å². The normalized spacial score (nSPS) is 43.8. The van der Waals surface area contributed by atoms with Crippen molar-refractivity contribution in [3.8, 4) is 0 Å². The van der Waals surface area contributed by atoms with Gasteiger partial charge in [0.25, 0.3) is 0 Å². The largest absolute Gasteiger partial charge is 0.311 e. The summed E-state index contributed by atoms with van der Waals surface area (Å²) >= 11 is 0. The van der Waals surface area contributed by atoms with Crippen molar-refractivity contribution < 1.29 is 0 Å². The van der Waals surface area contributed by atoms with Crippen LogP contribution in [0.25, 0.3) is 0 Å². The van der Waals surface area contributed by atoms with Crippen LogP contribution in [-0.4, -0.2) is 12.1 Å². The molecule has 2 bridgehead atoms. The van der Waals surface area contributed by atoms with Gasteiger partial charge in [0.2, 0.25) is 0 Å². The minimum atomic E-state index is 0.845. The van der Waals surface area contributed by atoms with E-state index >= 15 is 0 Å². The Labute approximate surface area is 82.3 Å². The quantitative estimate of drug-likeness (QED) is 0.690. The second-order valence-electron chi connectivity index (χ2n) is 5.67. The predicted molar refractivity (Wildman–Crippen MR) is 56.6 cm³/mol. The van der Waals surface area contributed by atoms with Crippen molar-refractivity contribution >= 4 is 0 Å². The molecule has 4 atom stereocenters. The fourth-order valence-corrected chi connectivity index (χ4v) is 3.40. The van der Waals surface area contributed by atoms with E-state index in [4.69, 9.17) is 0 Å². The van der Waals surface area contributed by atoms with Crippen LogP contribution in [0.15, 0.2) is 0 Å². The fraction of sp³-hybridized carbons (Fsp3) is 1.00. The molecule has 1 N–H and O–H groups in total. The number of nitrogens with one attached hydrogen (secondary N) is 1. The maximum Gasteiger partial charge on any atom is 0.0104 e. The summed E-state index contributed by atoms with van der Waals surface area (Å²) in [6, 6.07) is 1.69. The molecule has 0 amide bonds. The molecule has 76 valence electrons. The molecule has 2 aliphatic rings. The van der Waals surface area contributed by atoms with Gasteiger partial charge in [-0.15, -0.1) is 0 Å². The number of rotatable bonds is 2. The first kappa shape index (κ1) is 9.51. The lowest BCUT2D eigenvalue weighted by atomic mass is 9.73. The maximum atomic E-state index is 3.79. The molecule has 4 unspecified atom stereocenters. The first-order valence-corrected chi connectivity index (χ1v) is 5.85. The summed E-state index contributed by atoms with van der Waals surface area (Å²) in [5.41, 5.74) is 0. The molecule has 2 heterocycles. The molecule has 0 radical (unpaired) electrons. The van der Waals surface area contributed by atoms with E-state index in [-0.39, 0.29) is 0 Å². The highest BCUT2D eigenvalue weighted by molar-refractivity contribution is 5.03. The summed E-state index contributed by atoms with van der Waals surface area (Å²) in [4.78, 5) is 0.